The Kier molecular flexibility index (Phi) is 4.87. The Morgan fingerprint density at radius 1 is 1.24 bits per heavy atom. The second-order valence-corrected chi connectivity index (χ2v) is 9.32. The summed E-state index contributed by atoms with van der Waals surface area (Å²) < 4.78 is 0. The predicted octanol–water partition coefficient (Wildman–Crippen LogP) is -1.68. The maximum absolute atomic E-state index is 13.3. The van der Waals surface area contributed by atoms with E-state index in [1.165, 1.54) is 11.8 Å². The van der Waals surface area contributed by atoms with E-state index < -0.39 is 29.6 Å². The lowest BCUT2D eigenvalue weighted by Gasteiger charge is -2.48. The van der Waals surface area contributed by atoms with Crippen molar-refractivity contribution in [3.8, 4) is 0 Å². The summed E-state index contributed by atoms with van der Waals surface area (Å²) in [5.41, 5.74) is 13.2. The van der Waals surface area contributed by atoms with Gasteiger partial charge in [0.2, 0.25) is 5.79 Å². The molecule has 33 heavy (non-hydrogen) atoms. The number of aliphatic hydroxyl groups is 2. The Morgan fingerprint density at radius 2 is 2.00 bits per heavy atom. The van der Waals surface area contributed by atoms with E-state index in [0.717, 1.165) is 36.8 Å². The number of nitrogens with two attached hydrogens (primary N) is 2. The highest BCUT2D eigenvalue weighted by Crippen LogP contribution is 2.45. The Bertz CT molecular complexity index is 1080. The number of carbonyl (C=O) groups is 2. The van der Waals surface area contributed by atoms with Gasteiger partial charge < -0.3 is 37.2 Å². The molecule has 1 spiro atoms. The van der Waals surface area contributed by atoms with E-state index in [-0.39, 0.29) is 36.6 Å². The number of aryl methyl sites for hydroxylation is 1. The molecule has 1 aromatic rings. The number of carbonyl (C=O) groups excluding carboxylic acids is 2. The van der Waals surface area contributed by atoms with Crippen molar-refractivity contribution in [2.24, 2.45) is 21.5 Å². The summed E-state index contributed by atoms with van der Waals surface area (Å²) in [5.74, 6) is -3.03. The van der Waals surface area contributed by atoms with Crippen molar-refractivity contribution < 1.29 is 19.8 Å². The molecule has 0 saturated carbocycles. The van der Waals surface area contributed by atoms with E-state index in [0.29, 0.717) is 5.56 Å². The first-order valence-corrected chi connectivity index (χ1v) is 11.2. The van der Waals surface area contributed by atoms with Crippen LogP contribution in [0.5, 0.6) is 0 Å². The minimum absolute atomic E-state index is 0.0139. The van der Waals surface area contributed by atoms with Gasteiger partial charge in [0, 0.05) is 18.5 Å². The maximum Gasteiger partial charge on any atom is 0.252 e. The minimum atomic E-state index is -2.51. The molecule has 3 aliphatic heterocycles. The van der Waals surface area contributed by atoms with Gasteiger partial charge in [-0.05, 0) is 49.8 Å². The molecule has 8 N–H and O–H groups in total. The summed E-state index contributed by atoms with van der Waals surface area (Å²) >= 11 is 0. The number of nitrogens with zero attached hydrogens (tertiary/aromatic N) is 3. The number of benzene rings is 1. The number of guanidine groups is 2. The molecule has 3 heterocycles. The normalized spacial score (nSPS) is 31.5. The van der Waals surface area contributed by atoms with Crippen molar-refractivity contribution in [2.45, 2.75) is 68.6 Å². The average molecular weight is 456 g/mol. The third kappa shape index (κ3) is 3.10. The van der Waals surface area contributed by atoms with Crippen LogP contribution in [0, 0.1) is 0 Å². The summed E-state index contributed by atoms with van der Waals surface area (Å²) in [5, 5.41) is 28.6. The van der Waals surface area contributed by atoms with E-state index in [9.17, 15) is 19.8 Å². The van der Waals surface area contributed by atoms with Crippen molar-refractivity contribution >= 4 is 23.6 Å². The third-order valence-electron chi connectivity index (χ3n) is 7.24. The van der Waals surface area contributed by atoms with Crippen LogP contribution in [-0.4, -0.2) is 74.8 Å². The fourth-order valence-electron chi connectivity index (χ4n) is 5.78. The molecule has 11 heteroatoms. The molecule has 0 radical (unpaired) electrons. The highest BCUT2D eigenvalue weighted by molar-refractivity contribution is 5.97. The van der Waals surface area contributed by atoms with Gasteiger partial charge in [-0.15, -0.1) is 0 Å². The van der Waals surface area contributed by atoms with Crippen LogP contribution < -0.4 is 22.1 Å². The summed E-state index contributed by atoms with van der Waals surface area (Å²) in [4.78, 5) is 35.3. The van der Waals surface area contributed by atoms with Gasteiger partial charge in [-0.1, -0.05) is 12.1 Å². The zero-order valence-electron chi connectivity index (χ0n) is 18.4. The molecular weight excluding hydrogens is 426 g/mol. The molecule has 0 aromatic heterocycles. The van der Waals surface area contributed by atoms with Crippen LogP contribution in [0.25, 0.3) is 0 Å². The van der Waals surface area contributed by atoms with Crippen LogP contribution in [0.3, 0.4) is 0 Å². The van der Waals surface area contributed by atoms with Gasteiger partial charge in [0.05, 0.1) is 6.04 Å². The summed E-state index contributed by atoms with van der Waals surface area (Å²) in [6.07, 6.45) is 3.84. The number of aliphatic imine (C=N–C) groups is 2. The number of Topliss-reactive ketones (excluding diaryl/α,β-unsaturated/α-hetero) is 1. The van der Waals surface area contributed by atoms with Gasteiger partial charge in [0.1, 0.15) is 17.9 Å². The fourth-order valence-corrected chi connectivity index (χ4v) is 5.78. The topological polar surface area (TPSA) is 179 Å². The zero-order valence-corrected chi connectivity index (χ0v) is 18.4. The Morgan fingerprint density at radius 3 is 2.76 bits per heavy atom. The molecule has 1 aliphatic carbocycles. The van der Waals surface area contributed by atoms with Gasteiger partial charge in [0.15, 0.2) is 17.6 Å². The zero-order chi connectivity index (χ0) is 23.5. The van der Waals surface area contributed by atoms with Gasteiger partial charge in [-0.25, -0.2) is 9.98 Å². The number of hydrogen-bond donors (Lipinski definition) is 6. The van der Waals surface area contributed by atoms with E-state index in [4.69, 9.17) is 11.5 Å². The Balaban J connectivity index is 1.48. The molecule has 5 rings (SSSR count). The van der Waals surface area contributed by atoms with E-state index in [1.807, 2.05) is 12.1 Å². The Hall–Kier alpha value is -3.18. The van der Waals surface area contributed by atoms with Crippen molar-refractivity contribution in [2.75, 3.05) is 6.54 Å². The summed E-state index contributed by atoms with van der Waals surface area (Å²) in [6, 6.07) is 2.91. The quantitative estimate of drug-likeness (QED) is 0.291. The molecule has 1 amide bonds. The first-order chi connectivity index (χ1) is 15.6. The average Bonchev–Trinajstić information content (AvgIpc) is 3.23. The van der Waals surface area contributed by atoms with Crippen molar-refractivity contribution in [3.63, 3.8) is 0 Å². The van der Waals surface area contributed by atoms with Crippen LogP contribution >= 0.6 is 0 Å². The lowest BCUT2D eigenvalue weighted by atomic mass is 9.83. The van der Waals surface area contributed by atoms with E-state index in [1.54, 1.807) is 6.07 Å². The number of hydrogen-bond acceptors (Lipinski definition) is 10. The SMILES string of the molecule is CC(=O)C[C@@H]1N=C(N)N2C[C@H](NC(=O)c3cccc4c3CCCC4)C(O)(O)[C@@]23NC(N)=N[C@@H]13. The highest BCUT2D eigenvalue weighted by Gasteiger charge is 2.73. The van der Waals surface area contributed by atoms with Crippen LogP contribution in [0.2, 0.25) is 0 Å². The van der Waals surface area contributed by atoms with Crippen molar-refractivity contribution in [3.05, 3.63) is 34.9 Å². The second kappa shape index (κ2) is 7.42. The van der Waals surface area contributed by atoms with Gasteiger partial charge in [0.25, 0.3) is 5.91 Å². The molecule has 0 unspecified atom stereocenters. The lowest BCUT2D eigenvalue weighted by molar-refractivity contribution is -0.230. The Labute approximate surface area is 190 Å². The lowest BCUT2D eigenvalue weighted by Crippen LogP contribution is -2.77. The van der Waals surface area contributed by atoms with Gasteiger partial charge >= 0.3 is 0 Å². The second-order valence-electron chi connectivity index (χ2n) is 9.32. The van der Waals surface area contributed by atoms with Gasteiger partial charge in [-0.3, -0.25) is 9.59 Å². The monoisotopic (exact) mass is 455 g/mol. The van der Waals surface area contributed by atoms with Crippen molar-refractivity contribution in [1.82, 2.24) is 15.5 Å². The molecule has 4 atom stereocenters. The van der Waals surface area contributed by atoms with Crippen LogP contribution in [0.4, 0.5) is 0 Å². The number of nitrogens with one attached hydrogen (secondary N) is 2. The largest absolute Gasteiger partial charge is 0.370 e. The van der Waals surface area contributed by atoms with Crippen LogP contribution in [0.15, 0.2) is 28.2 Å². The molecule has 176 valence electrons. The van der Waals surface area contributed by atoms with Crippen LogP contribution in [-0.2, 0) is 17.6 Å². The van der Waals surface area contributed by atoms with Crippen LogP contribution in [0.1, 0.15) is 47.7 Å². The van der Waals surface area contributed by atoms with E-state index >= 15 is 0 Å². The molecule has 1 saturated heterocycles. The summed E-state index contributed by atoms with van der Waals surface area (Å²) in [6.45, 7) is 1.39. The fraction of sp³-hybridized carbons (Fsp3) is 0.545. The molecule has 1 fully saturated rings. The molecular formula is C22H29N7O4. The summed E-state index contributed by atoms with van der Waals surface area (Å²) in [7, 11) is 0. The first-order valence-electron chi connectivity index (χ1n) is 11.2. The van der Waals surface area contributed by atoms with Crippen molar-refractivity contribution in [1.29, 1.82) is 0 Å². The number of amides is 1. The number of rotatable bonds is 4. The maximum atomic E-state index is 13.3. The van der Waals surface area contributed by atoms with Gasteiger partial charge in [-0.2, -0.15) is 0 Å². The molecule has 1 aromatic carbocycles. The van der Waals surface area contributed by atoms with E-state index in [2.05, 4.69) is 20.6 Å². The highest BCUT2D eigenvalue weighted by atomic mass is 16.5. The first kappa shape index (κ1) is 21.7. The molecule has 0 bridgehead atoms. The standard InChI is InChI=1S/C22H29N7O4/c1-11(30)9-15-17-21(28-19(23)27-17)22(32,33)16(10-29(21)20(24)25-15)26-18(31)14-8-4-6-12-5-2-3-7-13(12)14/h4,6,8,15-17,32-33H,2-3,5,7,9-10H2,1H3,(H2,24,25)(H,26,31)(H3,23,27,28)/t15-,16-,17-,21-/m0/s1. The third-order valence-corrected chi connectivity index (χ3v) is 7.24. The molecule has 4 aliphatic rings. The number of ketones is 1. The molecule has 11 nitrogen and oxygen atoms in total. The minimum Gasteiger partial charge on any atom is -0.370 e. The predicted molar refractivity (Wildman–Crippen MR) is 120 cm³/mol. The smallest absolute Gasteiger partial charge is 0.252 e. The number of fused-ring (bicyclic) bond motifs is 1.